The van der Waals surface area contributed by atoms with E-state index in [1.54, 1.807) is 0 Å². The van der Waals surface area contributed by atoms with Gasteiger partial charge in [0.1, 0.15) is 0 Å². The summed E-state index contributed by atoms with van der Waals surface area (Å²) in [7, 11) is 3.87. The fourth-order valence-electron chi connectivity index (χ4n) is 1.31. The van der Waals surface area contributed by atoms with Crippen LogP contribution in [0, 0.1) is 0 Å². The summed E-state index contributed by atoms with van der Waals surface area (Å²) in [4.78, 5) is 2.31. The highest BCUT2D eigenvalue weighted by molar-refractivity contribution is 6.57. The maximum atomic E-state index is 2.44. The standard InChI is InChI=1S/C10H23NSi/c1-5-6-7-8-9-12(4)10-11(2)3/h7-8,12H,5-6,9-10H2,1-4H3. The summed E-state index contributed by atoms with van der Waals surface area (Å²) in [5.74, 6) is 0. The van der Waals surface area contributed by atoms with Gasteiger partial charge in [0.15, 0.2) is 0 Å². The Balaban J connectivity index is 3.36. The number of hydrogen-bond donors (Lipinski definition) is 0. The minimum Gasteiger partial charge on any atom is -0.312 e. The van der Waals surface area contributed by atoms with Crippen molar-refractivity contribution in [1.29, 1.82) is 0 Å². The van der Waals surface area contributed by atoms with Crippen molar-refractivity contribution in [2.45, 2.75) is 32.4 Å². The summed E-state index contributed by atoms with van der Waals surface area (Å²) in [6, 6.07) is 1.36. The van der Waals surface area contributed by atoms with Crippen LogP contribution in [0.15, 0.2) is 12.2 Å². The van der Waals surface area contributed by atoms with Gasteiger partial charge in [0.05, 0.1) is 8.80 Å². The first-order valence-corrected chi connectivity index (χ1v) is 7.75. The molecule has 0 spiro atoms. The molecule has 1 atom stereocenters. The number of rotatable bonds is 6. The smallest absolute Gasteiger partial charge is 0.0536 e. The zero-order chi connectivity index (χ0) is 9.40. The first kappa shape index (κ1) is 11.9. The number of nitrogens with zero attached hydrogens (tertiary/aromatic N) is 1. The van der Waals surface area contributed by atoms with Crippen molar-refractivity contribution < 1.29 is 0 Å². The quantitative estimate of drug-likeness (QED) is 0.453. The van der Waals surface area contributed by atoms with E-state index in [1.165, 1.54) is 25.1 Å². The topological polar surface area (TPSA) is 3.24 Å². The second-order valence-corrected chi connectivity index (χ2v) is 6.91. The van der Waals surface area contributed by atoms with Crippen molar-refractivity contribution in [1.82, 2.24) is 4.90 Å². The molecule has 0 bridgehead atoms. The Hall–Kier alpha value is -0.0831. The van der Waals surface area contributed by atoms with Gasteiger partial charge < -0.3 is 4.90 Å². The summed E-state index contributed by atoms with van der Waals surface area (Å²) in [6.45, 7) is 4.67. The van der Waals surface area contributed by atoms with Crippen LogP contribution in [0.2, 0.25) is 12.6 Å². The van der Waals surface area contributed by atoms with Gasteiger partial charge in [-0.25, -0.2) is 0 Å². The Labute approximate surface area is 79.1 Å². The van der Waals surface area contributed by atoms with Crippen LogP contribution in [-0.2, 0) is 0 Å². The summed E-state index contributed by atoms with van der Waals surface area (Å²) in [5.41, 5.74) is 0. The highest BCUT2D eigenvalue weighted by Gasteiger charge is 2.01. The fourth-order valence-corrected chi connectivity index (χ4v) is 3.36. The van der Waals surface area contributed by atoms with Gasteiger partial charge >= 0.3 is 0 Å². The van der Waals surface area contributed by atoms with E-state index in [9.17, 15) is 0 Å². The lowest BCUT2D eigenvalue weighted by Gasteiger charge is -2.13. The Morgan fingerprint density at radius 1 is 1.25 bits per heavy atom. The van der Waals surface area contributed by atoms with Crippen LogP contribution in [0.1, 0.15) is 19.8 Å². The Morgan fingerprint density at radius 3 is 2.42 bits per heavy atom. The Kier molecular flexibility index (Phi) is 7.51. The van der Waals surface area contributed by atoms with Crippen LogP contribution < -0.4 is 0 Å². The van der Waals surface area contributed by atoms with Gasteiger partial charge in [-0.2, -0.15) is 0 Å². The molecule has 0 aliphatic rings. The second-order valence-electron chi connectivity index (χ2n) is 3.86. The molecule has 0 saturated heterocycles. The highest BCUT2D eigenvalue weighted by atomic mass is 28.3. The molecule has 0 fully saturated rings. The first-order chi connectivity index (χ1) is 5.66. The van der Waals surface area contributed by atoms with E-state index in [0.29, 0.717) is 0 Å². The lowest BCUT2D eigenvalue weighted by atomic mass is 10.3. The van der Waals surface area contributed by atoms with Crippen LogP contribution >= 0.6 is 0 Å². The van der Waals surface area contributed by atoms with Crippen molar-refractivity contribution in [3.63, 3.8) is 0 Å². The van der Waals surface area contributed by atoms with E-state index < -0.39 is 8.80 Å². The van der Waals surface area contributed by atoms with E-state index in [0.717, 1.165) is 0 Å². The molecule has 0 rings (SSSR count). The second kappa shape index (κ2) is 7.56. The van der Waals surface area contributed by atoms with Gasteiger partial charge in [0.25, 0.3) is 0 Å². The highest BCUT2D eigenvalue weighted by Crippen LogP contribution is 1.97. The molecule has 12 heavy (non-hydrogen) atoms. The van der Waals surface area contributed by atoms with Crippen LogP contribution in [0.3, 0.4) is 0 Å². The normalized spacial score (nSPS) is 14.4. The molecule has 0 aliphatic carbocycles. The molecule has 0 heterocycles. The Bertz CT molecular complexity index is 121. The van der Waals surface area contributed by atoms with Crippen LogP contribution in [-0.4, -0.2) is 34.0 Å². The lowest BCUT2D eigenvalue weighted by Crippen LogP contribution is -2.26. The minimum absolute atomic E-state index is 0.464. The molecule has 0 aromatic heterocycles. The zero-order valence-electron chi connectivity index (χ0n) is 9.01. The van der Waals surface area contributed by atoms with E-state index in [1.807, 2.05) is 0 Å². The van der Waals surface area contributed by atoms with Gasteiger partial charge in [0, 0.05) is 0 Å². The molecule has 72 valence electrons. The van der Waals surface area contributed by atoms with Crippen LogP contribution in [0.5, 0.6) is 0 Å². The molecule has 2 heteroatoms. The predicted octanol–water partition coefficient (Wildman–Crippen LogP) is 2.30. The van der Waals surface area contributed by atoms with Crippen molar-refractivity contribution in [2.75, 3.05) is 20.3 Å². The van der Waals surface area contributed by atoms with Crippen LogP contribution in [0.4, 0.5) is 0 Å². The van der Waals surface area contributed by atoms with E-state index in [4.69, 9.17) is 0 Å². The molecule has 0 aromatic rings. The van der Waals surface area contributed by atoms with Crippen molar-refractivity contribution in [2.24, 2.45) is 0 Å². The van der Waals surface area contributed by atoms with Gasteiger partial charge in [-0.1, -0.05) is 32.0 Å². The van der Waals surface area contributed by atoms with Gasteiger partial charge in [0.2, 0.25) is 0 Å². The monoisotopic (exact) mass is 185 g/mol. The van der Waals surface area contributed by atoms with Gasteiger partial charge in [-0.15, -0.1) is 0 Å². The number of unbranched alkanes of at least 4 members (excludes halogenated alkanes) is 1. The predicted molar refractivity (Wildman–Crippen MR) is 60.4 cm³/mol. The molecule has 0 aliphatic heterocycles. The third kappa shape index (κ3) is 8.02. The SMILES string of the molecule is CCCC=CC[SiH](C)CN(C)C. The maximum absolute atomic E-state index is 2.44. The molecule has 1 nitrogen and oxygen atoms in total. The summed E-state index contributed by atoms with van der Waals surface area (Å²) in [5, 5.41) is 0. The van der Waals surface area contributed by atoms with Crippen molar-refractivity contribution >= 4 is 8.80 Å². The van der Waals surface area contributed by atoms with Gasteiger partial charge in [-0.3, -0.25) is 0 Å². The third-order valence-electron chi connectivity index (χ3n) is 1.84. The summed E-state index contributed by atoms with van der Waals surface area (Å²) < 4.78 is 0. The minimum atomic E-state index is -0.464. The largest absolute Gasteiger partial charge is 0.312 e. The maximum Gasteiger partial charge on any atom is 0.0536 e. The van der Waals surface area contributed by atoms with E-state index in [-0.39, 0.29) is 0 Å². The number of hydrogen-bond acceptors (Lipinski definition) is 1. The molecule has 0 saturated carbocycles. The van der Waals surface area contributed by atoms with E-state index >= 15 is 0 Å². The third-order valence-corrected chi connectivity index (χ3v) is 4.27. The zero-order valence-corrected chi connectivity index (χ0v) is 10.2. The average Bonchev–Trinajstić information content (AvgIpc) is 1.97. The molecular weight excluding hydrogens is 162 g/mol. The molecule has 0 amide bonds. The average molecular weight is 185 g/mol. The molecular formula is C10H23NSi. The summed E-state index contributed by atoms with van der Waals surface area (Å²) >= 11 is 0. The van der Waals surface area contributed by atoms with E-state index in [2.05, 4.69) is 44.6 Å². The molecule has 0 radical (unpaired) electrons. The van der Waals surface area contributed by atoms with Crippen LogP contribution in [0.25, 0.3) is 0 Å². The molecule has 0 aromatic carbocycles. The fraction of sp³-hybridized carbons (Fsp3) is 0.800. The Morgan fingerprint density at radius 2 is 1.92 bits per heavy atom. The van der Waals surface area contributed by atoms with Crippen molar-refractivity contribution in [3.05, 3.63) is 12.2 Å². The summed E-state index contributed by atoms with van der Waals surface area (Å²) in [6.07, 6.45) is 8.57. The number of allylic oxidation sites excluding steroid dienone is 2. The molecule has 1 unspecified atom stereocenters. The lowest BCUT2D eigenvalue weighted by molar-refractivity contribution is 0.474. The van der Waals surface area contributed by atoms with Gasteiger partial charge in [-0.05, 0) is 32.7 Å². The van der Waals surface area contributed by atoms with Crippen molar-refractivity contribution in [3.8, 4) is 0 Å². The molecule has 0 N–H and O–H groups in total. The first-order valence-electron chi connectivity index (χ1n) is 4.96.